The van der Waals surface area contributed by atoms with Crippen molar-refractivity contribution in [3.8, 4) is 0 Å². The highest BCUT2D eigenvalue weighted by Gasteiger charge is 2.32. The van der Waals surface area contributed by atoms with E-state index in [4.69, 9.17) is 4.74 Å². The number of rotatable bonds is 6. The van der Waals surface area contributed by atoms with Crippen molar-refractivity contribution >= 4 is 11.9 Å². The van der Waals surface area contributed by atoms with Crippen LogP contribution in [0.4, 0.5) is 4.39 Å². The topological polar surface area (TPSA) is 55.4 Å². The fraction of sp³-hybridized carbons (Fsp3) is 0.200. The molecule has 2 rings (SSSR count). The smallest absolute Gasteiger partial charge is 0.336 e. The summed E-state index contributed by atoms with van der Waals surface area (Å²) in [5.41, 5.74) is 2.21. The van der Waals surface area contributed by atoms with Crippen LogP contribution in [0.15, 0.2) is 72.5 Å². The monoisotopic (exact) mass is 341 g/mol. The second kappa shape index (κ2) is 8.24. The molecule has 1 amide bonds. The second-order valence-electron chi connectivity index (χ2n) is 5.65. The standard InChI is InChI=1S/C20H20FNO3/c1-4-6-14(5-2)12-25-20(24)19-13(3)22-18(23)11-17(19)15-7-9-16(21)10-8-15/h4-10,17H,1-2,11-12H2,3H3,(H,22,23)/b14-6+. The third-order valence-corrected chi connectivity index (χ3v) is 3.93. The van der Waals surface area contributed by atoms with Gasteiger partial charge in [0.05, 0.1) is 5.57 Å². The number of amides is 1. The van der Waals surface area contributed by atoms with Gasteiger partial charge in [0.15, 0.2) is 0 Å². The molecule has 5 heteroatoms. The summed E-state index contributed by atoms with van der Waals surface area (Å²) in [4.78, 5) is 24.5. The summed E-state index contributed by atoms with van der Waals surface area (Å²) in [6.45, 7) is 8.95. The van der Waals surface area contributed by atoms with E-state index in [1.807, 2.05) is 0 Å². The number of carbonyl (C=O) groups is 2. The number of nitrogens with one attached hydrogen (secondary N) is 1. The minimum Gasteiger partial charge on any atom is -0.457 e. The lowest BCUT2D eigenvalue weighted by Crippen LogP contribution is -2.34. The minimum atomic E-state index is -0.524. The Morgan fingerprint density at radius 1 is 1.36 bits per heavy atom. The van der Waals surface area contributed by atoms with Crippen molar-refractivity contribution in [2.75, 3.05) is 6.61 Å². The van der Waals surface area contributed by atoms with Crippen molar-refractivity contribution in [3.05, 3.63) is 83.9 Å². The molecule has 0 saturated carbocycles. The molecule has 0 radical (unpaired) electrons. The van der Waals surface area contributed by atoms with Gasteiger partial charge in [-0.05, 0) is 30.2 Å². The van der Waals surface area contributed by atoms with Crippen LogP contribution in [0.5, 0.6) is 0 Å². The molecule has 130 valence electrons. The molecule has 1 N–H and O–H groups in total. The largest absolute Gasteiger partial charge is 0.457 e. The number of hydrogen-bond acceptors (Lipinski definition) is 3. The Kier molecular flexibility index (Phi) is 6.06. The minimum absolute atomic E-state index is 0.0508. The van der Waals surface area contributed by atoms with E-state index in [1.54, 1.807) is 37.3 Å². The van der Waals surface area contributed by atoms with Gasteiger partial charge < -0.3 is 10.1 Å². The molecule has 1 unspecified atom stereocenters. The summed E-state index contributed by atoms with van der Waals surface area (Å²) in [7, 11) is 0. The Bertz CT molecular complexity index is 760. The van der Waals surface area contributed by atoms with Crippen molar-refractivity contribution in [1.82, 2.24) is 5.32 Å². The van der Waals surface area contributed by atoms with E-state index in [1.165, 1.54) is 12.1 Å². The number of hydrogen-bond donors (Lipinski definition) is 1. The van der Waals surface area contributed by atoms with Crippen LogP contribution in [0, 0.1) is 5.82 Å². The number of ether oxygens (including phenoxy) is 1. The zero-order chi connectivity index (χ0) is 18.4. The van der Waals surface area contributed by atoms with E-state index in [0.717, 1.165) is 0 Å². The molecule has 1 aromatic carbocycles. The van der Waals surface area contributed by atoms with Crippen LogP contribution < -0.4 is 5.32 Å². The summed E-state index contributed by atoms with van der Waals surface area (Å²) < 4.78 is 18.5. The fourth-order valence-corrected chi connectivity index (χ4v) is 2.70. The molecule has 0 aliphatic carbocycles. The maximum Gasteiger partial charge on any atom is 0.336 e. The molecule has 0 bridgehead atoms. The van der Waals surface area contributed by atoms with Crippen molar-refractivity contribution in [2.24, 2.45) is 0 Å². The number of esters is 1. The molecule has 0 saturated heterocycles. The normalized spacial score (nSPS) is 17.8. The fourth-order valence-electron chi connectivity index (χ4n) is 2.70. The van der Waals surface area contributed by atoms with E-state index in [0.29, 0.717) is 22.4 Å². The molecule has 25 heavy (non-hydrogen) atoms. The zero-order valence-electron chi connectivity index (χ0n) is 14.0. The van der Waals surface area contributed by atoms with Gasteiger partial charge >= 0.3 is 5.97 Å². The average Bonchev–Trinajstić information content (AvgIpc) is 2.58. The van der Waals surface area contributed by atoms with E-state index < -0.39 is 11.9 Å². The van der Waals surface area contributed by atoms with Gasteiger partial charge in [0.25, 0.3) is 0 Å². The molecule has 1 aliphatic heterocycles. The van der Waals surface area contributed by atoms with Gasteiger partial charge in [0.2, 0.25) is 5.91 Å². The first-order valence-electron chi connectivity index (χ1n) is 7.83. The highest BCUT2D eigenvalue weighted by Crippen LogP contribution is 2.33. The zero-order valence-corrected chi connectivity index (χ0v) is 14.0. The Morgan fingerprint density at radius 2 is 2.04 bits per heavy atom. The first-order valence-corrected chi connectivity index (χ1v) is 7.83. The van der Waals surface area contributed by atoms with Gasteiger partial charge in [-0.25, -0.2) is 9.18 Å². The van der Waals surface area contributed by atoms with Gasteiger partial charge in [-0.1, -0.05) is 43.5 Å². The summed E-state index contributed by atoms with van der Waals surface area (Å²) in [5, 5.41) is 2.66. The molecule has 0 aromatic heterocycles. The highest BCUT2D eigenvalue weighted by atomic mass is 19.1. The van der Waals surface area contributed by atoms with E-state index in [-0.39, 0.29) is 24.8 Å². The quantitative estimate of drug-likeness (QED) is 0.636. The van der Waals surface area contributed by atoms with E-state index in [9.17, 15) is 14.0 Å². The summed E-state index contributed by atoms with van der Waals surface area (Å²) >= 11 is 0. The molecule has 1 atom stereocenters. The van der Waals surface area contributed by atoms with Gasteiger partial charge in [0, 0.05) is 18.0 Å². The van der Waals surface area contributed by atoms with Gasteiger partial charge in [-0.15, -0.1) is 0 Å². The van der Waals surface area contributed by atoms with Crippen LogP contribution >= 0.6 is 0 Å². The number of allylic oxidation sites excluding steroid dienone is 3. The Balaban J connectivity index is 2.28. The van der Waals surface area contributed by atoms with Crippen LogP contribution in [0.3, 0.4) is 0 Å². The summed E-state index contributed by atoms with van der Waals surface area (Å²) in [5.74, 6) is -1.57. The highest BCUT2D eigenvalue weighted by molar-refractivity contribution is 5.95. The molecule has 0 spiro atoms. The average molecular weight is 341 g/mol. The van der Waals surface area contributed by atoms with Gasteiger partial charge in [-0.3, -0.25) is 4.79 Å². The van der Waals surface area contributed by atoms with Crippen molar-refractivity contribution < 1.29 is 18.7 Å². The molecule has 0 fully saturated rings. The van der Waals surface area contributed by atoms with Crippen LogP contribution in [-0.4, -0.2) is 18.5 Å². The van der Waals surface area contributed by atoms with Crippen LogP contribution in [0.2, 0.25) is 0 Å². The predicted octanol–water partition coefficient (Wildman–Crippen LogP) is 3.54. The maximum atomic E-state index is 13.2. The molecular formula is C20H20FNO3. The van der Waals surface area contributed by atoms with E-state index >= 15 is 0 Å². The predicted molar refractivity (Wildman–Crippen MR) is 94.0 cm³/mol. The number of carbonyl (C=O) groups excluding carboxylic acids is 2. The van der Waals surface area contributed by atoms with Crippen molar-refractivity contribution in [1.29, 1.82) is 0 Å². The second-order valence-corrected chi connectivity index (χ2v) is 5.65. The lowest BCUT2D eigenvalue weighted by molar-refractivity contribution is -0.138. The lowest BCUT2D eigenvalue weighted by atomic mass is 9.84. The SMILES string of the molecule is C=C/C=C(\C=C)COC(=O)C1=C(C)NC(=O)CC1c1ccc(F)cc1. The number of halogens is 1. The van der Waals surface area contributed by atoms with Crippen LogP contribution in [-0.2, 0) is 14.3 Å². The van der Waals surface area contributed by atoms with Gasteiger partial charge in [-0.2, -0.15) is 0 Å². The molecule has 4 nitrogen and oxygen atoms in total. The first-order chi connectivity index (χ1) is 12.0. The van der Waals surface area contributed by atoms with Crippen LogP contribution in [0.1, 0.15) is 24.8 Å². The molecular weight excluding hydrogens is 321 g/mol. The van der Waals surface area contributed by atoms with Crippen molar-refractivity contribution in [3.63, 3.8) is 0 Å². The summed E-state index contributed by atoms with van der Waals surface area (Å²) in [6, 6.07) is 5.77. The Labute approximate surface area is 146 Å². The molecule has 1 aromatic rings. The number of benzene rings is 1. The Hall–Kier alpha value is -2.95. The third kappa shape index (κ3) is 4.53. The molecule has 1 aliphatic rings. The van der Waals surface area contributed by atoms with Gasteiger partial charge in [0.1, 0.15) is 12.4 Å². The third-order valence-electron chi connectivity index (χ3n) is 3.93. The Morgan fingerprint density at radius 3 is 2.64 bits per heavy atom. The first kappa shape index (κ1) is 18.4. The lowest BCUT2D eigenvalue weighted by Gasteiger charge is -2.26. The van der Waals surface area contributed by atoms with Crippen LogP contribution in [0.25, 0.3) is 0 Å². The molecule has 1 heterocycles. The maximum absolute atomic E-state index is 13.2. The van der Waals surface area contributed by atoms with E-state index in [2.05, 4.69) is 18.5 Å². The van der Waals surface area contributed by atoms with Crippen molar-refractivity contribution in [2.45, 2.75) is 19.3 Å². The summed E-state index contributed by atoms with van der Waals surface area (Å²) in [6.07, 6.45) is 4.96.